The van der Waals surface area contributed by atoms with Gasteiger partial charge in [-0.15, -0.1) is 0 Å². The van der Waals surface area contributed by atoms with E-state index >= 15 is 0 Å². The summed E-state index contributed by atoms with van der Waals surface area (Å²) in [5.74, 6) is -0.171. The Hall–Kier alpha value is -1.82. The summed E-state index contributed by atoms with van der Waals surface area (Å²) in [4.78, 5) is 10.7. The zero-order chi connectivity index (χ0) is 13.1. The maximum absolute atomic E-state index is 10.7. The number of carboxylic acids is 1. The van der Waals surface area contributed by atoms with Gasteiger partial charge in [0.15, 0.2) is 0 Å². The van der Waals surface area contributed by atoms with Gasteiger partial charge >= 0.3 is 5.97 Å². The van der Waals surface area contributed by atoms with Crippen LogP contribution in [0.15, 0.2) is 28.9 Å². The van der Waals surface area contributed by atoms with Gasteiger partial charge in [-0.05, 0) is 33.6 Å². The van der Waals surface area contributed by atoms with E-state index in [2.05, 4.69) is 26.1 Å². The van der Waals surface area contributed by atoms with Crippen molar-refractivity contribution in [3.05, 3.63) is 34.6 Å². The molecule has 6 heteroatoms. The van der Waals surface area contributed by atoms with Gasteiger partial charge in [-0.2, -0.15) is 5.10 Å². The molecule has 2 N–H and O–H groups in total. The molecule has 0 aliphatic heterocycles. The van der Waals surface area contributed by atoms with Crippen molar-refractivity contribution in [3.8, 4) is 16.9 Å². The SMILES string of the molecule is COc1ccc(-c2cn[nH]c2CC(=O)O)cc1Br. The minimum Gasteiger partial charge on any atom is -0.496 e. The molecule has 0 saturated carbocycles. The Bertz CT molecular complexity index is 580. The van der Waals surface area contributed by atoms with E-state index in [9.17, 15) is 4.79 Å². The number of benzene rings is 1. The summed E-state index contributed by atoms with van der Waals surface area (Å²) >= 11 is 3.40. The molecule has 0 unspecified atom stereocenters. The van der Waals surface area contributed by atoms with Gasteiger partial charge < -0.3 is 9.84 Å². The highest BCUT2D eigenvalue weighted by Gasteiger charge is 2.12. The minimum atomic E-state index is -0.895. The number of hydrogen-bond acceptors (Lipinski definition) is 3. The van der Waals surface area contributed by atoms with Crippen molar-refractivity contribution in [3.63, 3.8) is 0 Å². The molecule has 2 rings (SSSR count). The molecule has 1 aromatic heterocycles. The average Bonchev–Trinajstić information content (AvgIpc) is 2.76. The predicted octanol–water partition coefficient (Wildman–Crippen LogP) is 2.47. The van der Waals surface area contributed by atoms with E-state index in [1.54, 1.807) is 13.3 Å². The van der Waals surface area contributed by atoms with Crippen molar-refractivity contribution in [1.82, 2.24) is 10.2 Å². The summed E-state index contributed by atoms with van der Waals surface area (Å²) in [6.07, 6.45) is 1.53. The zero-order valence-electron chi connectivity index (χ0n) is 9.61. The summed E-state index contributed by atoms with van der Waals surface area (Å²) in [5, 5.41) is 15.4. The number of aromatic amines is 1. The van der Waals surface area contributed by atoms with Crippen molar-refractivity contribution in [1.29, 1.82) is 0 Å². The molecule has 18 heavy (non-hydrogen) atoms. The fourth-order valence-corrected chi connectivity index (χ4v) is 2.22. The van der Waals surface area contributed by atoms with E-state index in [-0.39, 0.29) is 6.42 Å². The Morgan fingerprint density at radius 1 is 1.56 bits per heavy atom. The summed E-state index contributed by atoms with van der Waals surface area (Å²) in [6, 6.07) is 5.55. The molecule has 1 heterocycles. The third-order valence-electron chi connectivity index (χ3n) is 2.51. The lowest BCUT2D eigenvalue weighted by atomic mass is 10.1. The Labute approximate surface area is 112 Å². The number of ether oxygens (including phenoxy) is 1. The molecule has 0 spiro atoms. The predicted molar refractivity (Wildman–Crippen MR) is 69.6 cm³/mol. The molecule has 0 fully saturated rings. The molecule has 0 amide bonds. The van der Waals surface area contributed by atoms with E-state index < -0.39 is 5.97 Å². The van der Waals surface area contributed by atoms with E-state index in [1.165, 1.54) is 0 Å². The molecule has 1 aromatic carbocycles. The van der Waals surface area contributed by atoms with E-state index in [1.807, 2.05) is 18.2 Å². The lowest BCUT2D eigenvalue weighted by Gasteiger charge is -2.06. The number of methoxy groups -OCH3 is 1. The molecular formula is C12H11BrN2O3. The highest BCUT2D eigenvalue weighted by molar-refractivity contribution is 9.10. The van der Waals surface area contributed by atoms with Gasteiger partial charge in [-0.1, -0.05) is 6.07 Å². The van der Waals surface area contributed by atoms with Crippen LogP contribution < -0.4 is 4.74 Å². The summed E-state index contributed by atoms with van der Waals surface area (Å²) in [6.45, 7) is 0. The maximum Gasteiger partial charge on any atom is 0.309 e. The van der Waals surface area contributed by atoms with Crippen LogP contribution in [0.2, 0.25) is 0 Å². The van der Waals surface area contributed by atoms with Crippen LogP contribution in [0, 0.1) is 0 Å². The van der Waals surface area contributed by atoms with E-state index in [0.717, 1.165) is 21.3 Å². The smallest absolute Gasteiger partial charge is 0.309 e. The molecule has 5 nitrogen and oxygen atoms in total. The third-order valence-corrected chi connectivity index (χ3v) is 3.13. The summed E-state index contributed by atoms with van der Waals surface area (Å²) in [7, 11) is 1.59. The van der Waals surface area contributed by atoms with Crippen molar-refractivity contribution < 1.29 is 14.6 Å². The number of nitrogens with zero attached hydrogens (tertiary/aromatic N) is 1. The number of halogens is 1. The molecule has 94 valence electrons. The van der Waals surface area contributed by atoms with Crippen LogP contribution in [0.4, 0.5) is 0 Å². The molecule has 0 bridgehead atoms. The van der Waals surface area contributed by atoms with Crippen molar-refractivity contribution >= 4 is 21.9 Å². The standard InChI is InChI=1S/C12H11BrN2O3/c1-18-11-3-2-7(4-9(11)13)8-6-14-15-10(8)5-12(16)17/h2-4,6H,5H2,1H3,(H,14,15)(H,16,17). The van der Waals surface area contributed by atoms with Crippen LogP contribution in [0.5, 0.6) is 5.75 Å². The second-order valence-corrected chi connectivity index (χ2v) is 4.54. The van der Waals surface area contributed by atoms with Gasteiger partial charge in [0.25, 0.3) is 0 Å². The fraction of sp³-hybridized carbons (Fsp3) is 0.167. The highest BCUT2D eigenvalue weighted by Crippen LogP contribution is 2.31. The van der Waals surface area contributed by atoms with Crippen molar-refractivity contribution in [2.24, 2.45) is 0 Å². The van der Waals surface area contributed by atoms with Gasteiger partial charge in [0.2, 0.25) is 0 Å². The quantitative estimate of drug-likeness (QED) is 0.909. The average molecular weight is 311 g/mol. The Balaban J connectivity index is 2.40. The zero-order valence-corrected chi connectivity index (χ0v) is 11.2. The first-order valence-corrected chi connectivity index (χ1v) is 5.99. The number of aliphatic carboxylic acids is 1. The first-order chi connectivity index (χ1) is 8.61. The highest BCUT2D eigenvalue weighted by atomic mass is 79.9. The Kier molecular flexibility index (Phi) is 3.66. The number of aromatic nitrogens is 2. The van der Waals surface area contributed by atoms with Crippen LogP contribution in [-0.2, 0) is 11.2 Å². The molecular weight excluding hydrogens is 300 g/mol. The lowest BCUT2D eigenvalue weighted by Crippen LogP contribution is -2.01. The summed E-state index contributed by atoms with van der Waals surface area (Å²) < 4.78 is 5.96. The maximum atomic E-state index is 10.7. The number of carboxylic acid groups (broad SMARTS) is 1. The van der Waals surface area contributed by atoms with Crippen LogP contribution in [0.1, 0.15) is 5.69 Å². The van der Waals surface area contributed by atoms with Gasteiger partial charge in [0.1, 0.15) is 5.75 Å². The normalized spacial score (nSPS) is 10.3. The Morgan fingerprint density at radius 3 is 2.94 bits per heavy atom. The first-order valence-electron chi connectivity index (χ1n) is 5.19. The number of carbonyl (C=O) groups is 1. The van der Waals surface area contributed by atoms with E-state index in [0.29, 0.717) is 5.69 Å². The number of nitrogens with one attached hydrogen (secondary N) is 1. The van der Waals surface area contributed by atoms with Crippen LogP contribution >= 0.6 is 15.9 Å². The lowest BCUT2D eigenvalue weighted by molar-refractivity contribution is -0.136. The number of H-pyrrole nitrogens is 1. The first kappa shape index (κ1) is 12.6. The van der Waals surface area contributed by atoms with Crippen molar-refractivity contribution in [2.75, 3.05) is 7.11 Å². The second kappa shape index (κ2) is 5.22. The molecule has 0 radical (unpaired) electrons. The minimum absolute atomic E-state index is 0.0843. The van der Waals surface area contributed by atoms with Crippen LogP contribution in [-0.4, -0.2) is 28.4 Å². The largest absolute Gasteiger partial charge is 0.496 e. The number of hydrogen-bond donors (Lipinski definition) is 2. The van der Waals surface area contributed by atoms with Crippen LogP contribution in [0.3, 0.4) is 0 Å². The summed E-state index contributed by atoms with van der Waals surface area (Å²) in [5.41, 5.74) is 2.24. The molecule has 2 aromatic rings. The Morgan fingerprint density at radius 2 is 2.33 bits per heavy atom. The molecule has 0 aliphatic carbocycles. The van der Waals surface area contributed by atoms with Gasteiger partial charge in [-0.25, -0.2) is 0 Å². The monoisotopic (exact) mass is 310 g/mol. The van der Waals surface area contributed by atoms with Gasteiger partial charge in [-0.3, -0.25) is 9.89 Å². The third kappa shape index (κ3) is 2.53. The number of rotatable bonds is 4. The van der Waals surface area contributed by atoms with Crippen molar-refractivity contribution in [2.45, 2.75) is 6.42 Å². The molecule has 0 saturated heterocycles. The fourth-order valence-electron chi connectivity index (χ4n) is 1.68. The van der Waals surface area contributed by atoms with Gasteiger partial charge in [0, 0.05) is 5.56 Å². The second-order valence-electron chi connectivity index (χ2n) is 3.68. The van der Waals surface area contributed by atoms with Gasteiger partial charge in [0.05, 0.1) is 29.9 Å². The van der Waals surface area contributed by atoms with Crippen LogP contribution in [0.25, 0.3) is 11.1 Å². The molecule has 0 aliphatic rings. The molecule has 0 atom stereocenters. The van der Waals surface area contributed by atoms with E-state index in [4.69, 9.17) is 9.84 Å². The topological polar surface area (TPSA) is 75.2 Å².